The van der Waals surface area contributed by atoms with E-state index < -0.39 is 5.54 Å². The van der Waals surface area contributed by atoms with Gasteiger partial charge in [0.1, 0.15) is 5.82 Å². The van der Waals surface area contributed by atoms with Gasteiger partial charge in [-0.1, -0.05) is 23.7 Å². The summed E-state index contributed by atoms with van der Waals surface area (Å²) in [5, 5.41) is 5.24. The number of hydrogen-bond acceptors (Lipinski definition) is 4. The average molecular weight is 450 g/mol. The number of halogens is 1. The van der Waals surface area contributed by atoms with Crippen molar-refractivity contribution < 1.29 is 9.59 Å². The molecule has 7 nitrogen and oxygen atoms in total. The first-order valence-electron chi connectivity index (χ1n) is 10.8. The van der Waals surface area contributed by atoms with Crippen LogP contribution in [0, 0.1) is 6.92 Å². The van der Waals surface area contributed by atoms with Crippen molar-refractivity contribution >= 4 is 29.2 Å². The van der Waals surface area contributed by atoms with E-state index in [1.165, 1.54) is 0 Å². The SMILES string of the molecule is Cc1cc2n(n1)C1(CCN(C(=O)c3ccccc3Cl)CC1)CC(=O)N2Cc1ccncc1. The van der Waals surface area contributed by atoms with Gasteiger partial charge in [-0.2, -0.15) is 5.10 Å². The van der Waals surface area contributed by atoms with Gasteiger partial charge in [-0.05, 0) is 49.6 Å². The molecule has 0 N–H and O–H groups in total. The zero-order valence-electron chi connectivity index (χ0n) is 17.9. The number of hydrogen-bond donors (Lipinski definition) is 0. The van der Waals surface area contributed by atoms with Gasteiger partial charge < -0.3 is 4.90 Å². The zero-order chi connectivity index (χ0) is 22.3. The molecule has 1 saturated heterocycles. The summed E-state index contributed by atoms with van der Waals surface area (Å²) in [6.45, 7) is 3.55. The number of fused-ring (bicyclic) bond motifs is 2. The largest absolute Gasteiger partial charge is 0.338 e. The number of likely N-dealkylation sites (tertiary alicyclic amines) is 1. The summed E-state index contributed by atoms with van der Waals surface area (Å²) in [5.41, 5.74) is 2.01. The molecule has 1 spiro atoms. The third-order valence-corrected chi connectivity index (χ3v) is 6.83. The predicted octanol–water partition coefficient (Wildman–Crippen LogP) is 3.81. The minimum absolute atomic E-state index is 0.0660. The molecule has 0 bridgehead atoms. The van der Waals surface area contributed by atoms with E-state index in [9.17, 15) is 9.59 Å². The van der Waals surface area contributed by atoms with Gasteiger partial charge in [0.05, 0.1) is 34.8 Å². The average Bonchev–Trinajstić information content (AvgIpc) is 3.20. The van der Waals surface area contributed by atoms with Crippen molar-refractivity contribution in [1.82, 2.24) is 19.7 Å². The summed E-state index contributed by atoms with van der Waals surface area (Å²) >= 11 is 6.24. The standard InChI is InChI=1S/C24H24ClN5O2/c1-17-14-21-29(16-18-6-10-26-11-7-18)22(31)15-24(30(21)27-17)8-12-28(13-9-24)23(32)19-4-2-3-5-20(19)25/h2-7,10-11,14H,8-9,12-13,15-16H2,1H3. The summed E-state index contributed by atoms with van der Waals surface area (Å²) in [7, 11) is 0. The van der Waals surface area contributed by atoms with Crippen molar-refractivity contribution in [3.63, 3.8) is 0 Å². The molecule has 0 aliphatic carbocycles. The van der Waals surface area contributed by atoms with Crippen molar-refractivity contribution in [1.29, 1.82) is 0 Å². The maximum atomic E-state index is 13.3. The fraction of sp³-hybridized carbons (Fsp3) is 0.333. The van der Waals surface area contributed by atoms with Gasteiger partial charge in [-0.3, -0.25) is 19.5 Å². The second-order valence-corrected chi connectivity index (χ2v) is 8.97. The Hall–Kier alpha value is -3.19. The van der Waals surface area contributed by atoms with E-state index in [0.29, 0.717) is 49.5 Å². The third kappa shape index (κ3) is 3.56. The number of benzene rings is 1. The number of pyridine rings is 1. The van der Waals surface area contributed by atoms with Crippen molar-refractivity contribution in [2.45, 2.75) is 38.3 Å². The number of aromatic nitrogens is 3. The minimum atomic E-state index is -0.410. The molecule has 0 radical (unpaired) electrons. The molecule has 2 aliphatic heterocycles. The third-order valence-electron chi connectivity index (χ3n) is 6.50. The second-order valence-electron chi connectivity index (χ2n) is 8.56. The summed E-state index contributed by atoms with van der Waals surface area (Å²) in [6, 6.07) is 12.9. The first-order valence-corrected chi connectivity index (χ1v) is 11.1. The van der Waals surface area contributed by atoms with Crippen LogP contribution in [0.3, 0.4) is 0 Å². The Morgan fingerprint density at radius 2 is 1.84 bits per heavy atom. The normalized spacial score (nSPS) is 17.5. The van der Waals surface area contributed by atoms with Gasteiger partial charge >= 0.3 is 0 Å². The van der Waals surface area contributed by atoms with E-state index in [4.69, 9.17) is 16.7 Å². The van der Waals surface area contributed by atoms with Crippen LogP contribution < -0.4 is 4.90 Å². The van der Waals surface area contributed by atoms with Crippen molar-refractivity contribution in [2.75, 3.05) is 18.0 Å². The first-order chi connectivity index (χ1) is 15.5. The highest BCUT2D eigenvalue weighted by Crippen LogP contribution is 2.42. The van der Waals surface area contributed by atoms with E-state index in [-0.39, 0.29) is 11.8 Å². The van der Waals surface area contributed by atoms with Crippen LogP contribution in [0.2, 0.25) is 5.02 Å². The second kappa shape index (κ2) is 8.06. The smallest absolute Gasteiger partial charge is 0.255 e. The molecule has 164 valence electrons. The Morgan fingerprint density at radius 3 is 2.56 bits per heavy atom. The number of carbonyl (C=O) groups excluding carboxylic acids is 2. The molecule has 1 aromatic carbocycles. The van der Waals surface area contributed by atoms with Gasteiger partial charge in [-0.25, -0.2) is 4.68 Å². The lowest BCUT2D eigenvalue weighted by atomic mass is 9.82. The maximum Gasteiger partial charge on any atom is 0.255 e. The molecule has 8 heteroatoms. The van der Waals surface area contributed by atoms with Gasteiger partial charge in [0.2, 0.25) is 5.91 Å². The Kier molecular flexibility index (Phi) is 5.21. The molecule has 4 heterocycles. The number of nitrogens with zero attached hydrogens (tertiary/aromatic N) is 5. The van der Waals surface area contributed by atoms with E-state index in [2.05, 4.69) is 4.98 Å². The molecule has 3 aromatic rings. The molecular weight excluding hydrogens is 426 g/mol. The van der Waals surface area contributed by atoms with Crippen molar-refractivity contribution in [2.24, 2.45) is 0 Å². The van der Waals surface area contributed by atoms with E-state index in [1.54, 1.807) is 24.5 Å². The van der Waals surface area contributed by atoms with Gasteiger partial charge in [0, 0.05) is 31.5 Å². The molecular formula is C24H24ClN5O2. The van der Waals surface area contributed by atoms with Crippen LogP contribution in [0.15, 0.2) is 54.9 Å². The molecule has 2 aliphatic rings. The molecule has 32 heavy (non-hydrogen) atoms. The Labute approximate surface area is 191 Å². The molecule has 2 amide bonds. The lowest BCUT2D eigenvalue weighted by Crippen LogP contribution is -2.54. The van der Waals surface area contributed by atoms with Crippen LogP contribution in [-0.2, 0) is 16.9 Å². The Morgan fingerprint density at radius 1 is 1.12 bits per heavy atom. The molecule has 5 rings (SSSR count). The van der Waals surface area contributed by atoms with Crippen LogP contribution >= 0.6 is 11.6 Å². The lowest BCUT2D eigenvalue weighted by Gasteiger charge is -2.46. The fourth-order valence-corrected chi connectivity index (χ4v) is 4.98. The highest BCUT2D eigenvalue weighted by molar-refractivity contribution is 6.33. The predicted molar refractivity (Wildman–Crippen MR) is 122 cm³/mol. The van der Waals surface area contributed by atoms with Gasteiger partial charge in [0.25, 0.3) is 5.91 Å². The van der Waals surface area contributed by atoms with Crippen LogP contribution in [0.25, 0.3) is 0 Å². The van der Waals surface area contributed by atoms with E-state index >= 15 is 0 Å². The minimum Gasteiger partial charge on any atom is -0.338 e. The Bertz CT molecular complexity index is 1170. The summed E-state index contributed by atoms with van der Waals surface area (Å²) in [5.74, 6) is 0.838. The number of anilines is 1. The number of rotatable bonds is 3. The van der Waals surface area contributed by atoms with Gasteiger partial charge in [0.15, 0.2) is 0 Å². The monoisotopic (exact) mass is 449 g/mol. The van der Waals surface area contributed by atoms with Gasteiger partial charge in [-0.15, -0.1) is 0 Å². The summed E-state index contributed by atoms with van der Waals surface area (Å²) in [6.07, 6.45) is 5.19. The highest BCUT2D eigenvalue weighted by Gasteiger charge is 2.46. The number of carbonyl (C=O) groups is 2. The zero-order valence-corrected chi connectivity index (χ0v) is 18.6. The summed E-state index contributed by atoms with van der Waals surface area (Å²) < 4.78 is 2.03. The van der Waals surface area contributed by atoms with Crippen LogP contribution in [0.1, 0.15) is 40.9 Å². The van der Waals surface area contributed by atoms with Crippen LogP contribution in [0.4, 0.5) is 5.82 Å². The lowest BCUT2D eigenvalue weighted by molar-refractivity contribution is -0.123. The summed E-state index contributed by atoms with van der Waals surface area (Å²) in [4.78, 5) is 34.0. The van der Waals surface area contributed by atoms with E-state index in [0.717, 1.165) is 17.1 Å². The molecule has 2 aromatic heterocycles. The van der Waals surface area contributed by atoms with Crippen molar-refractivity contribution in [3.05, 3.63) is 76.7 Å². The number of amides is 2. The van der Waals surface area contributed by atoms with Crippen LogP contribution in [-0.4, -0.2) is 44.6 Å². The molecule has 0 saturated carbocycles. The fourth-order valence-electron chi connectivity index (χ4n) is 4.77. The van der Waals surface area contributed by atoms with E-state index in [1.807, 2.05) is 51.7 Å². The molecule has 0 unspecified atom stereocenters. The quantitative estimate of drug-likeness (QED) is 0.609. The highest BCUT2D eigenvalue weighted by atomic mass is 35.5. The number of aryl methyl sites for hydroxylation is 1. The topological polar surface area (TPSA) is 71.3 Å². The maximum absolute atomic E-state index is 13.3. The molecule has 1 fully saturated rings. The first kappa shape index (κ1) is 20.7. The van der Waals surface area contributed by atoms with Crippen molar-refractivity contribution in [3.8, 4) is 0 Å². The molecule has 0 atom stereocenters. The number of piperidine rings is 1. The van der Waals surface area contributed by atoms with Crippen LogP contribution in [0.5, 0.6) is 0 Å². The Balaban J connectivity index is 1.39.